The molecule has 0 spiro atoms. The Morgan fingerprint density at radius 1 is 0.968 bits per heavy atom. The third kappa shape index (κ3) is 6.21. The topological polar surface area (TPSA) is 102 Å². The Hall–Kier alpha value is -3.06. The maximum absolute atomic E-state index is 12.5. The van der Waals surface area contributed by atoms with Crippen LogP contribution < -0.4 is 15.8 Å². The molecule has 31 heavy (non-hydrogen) atoms. The van der Waals surface area contributed by atoms with Crippen LogP contribution in [0.4, 0.5) is 11.4 Å². The van der Waals surface area contributed by atoms with Crippen LogP contribution in [0.2, 0.25) is 10.0 Å². The van der Waals surface area contributed by atoms with Crippen molar-refractivity contribution in [1.82, 2.24) is 0 Å². The number of hydrogen-bond acceptors (Lipinski definition) is 5. The summed E-state index contributed by atoms with van der Waals surface area (Å²) in [4.78, 5) is 23.3. The number of carboxylic acids is 1. The molecule has 6 nitrogen and oxygen atoms in total. The van der Waals surface area contributed by atoms with E-state index in [9.17, 15) is 9.59 Å². The molecule has 3 aromatic rings. The molecule has 0 aliphatic heterocycles. The lowest BCUT2D eigenvalue weighted by Crippen LogP contribution is -2.32. The van der Waals surface area contributed by atoms with Crippen molar-refractivity contribution < 1.29 is 19.4 Å². The zero-order valence-corrected chi connectivity index (χ0v) is 17.9. The highest BCUT2D eigenvalue weighted by Crippen LogP contribution is 2.33. The number of aliphatic carboxylic acids is 1. The fraction of sp³-hybridized carbons (Fsp3) is 0.130. The highest BCUT2D eigenvalue weighted by atomic mass is 35.5. The molecule has 8 heteroatoms. The van der Waals surface area contributed by atoms with E-state index in [0.717, 1.165) is 5.56 Å². The van der Waals surface area contributed by atoms with E-state index in [1.54, 1.807) is 42.5 Å². The molecule has 0 aliphatic carbocycles. The number of ether oxygens (including phenoxy) is 1. The van der Waals surface area contributed by atoms with Crippen molar-refractivity contribution in [3.8, 4) is 5.75 Å². The SMILES string of the molecule is NC(Cc1ccc(OC(=O)Cc2ccccc2Nc2c(Cl)cccc2Cl)cc1)C(=O)O. The summed E-state index contributed by atoms with van der Waals surface area (Å²) in [5.41, 5.74) is 8.23. The molecule has 0 amide bonds. The molecule has 0 aromatic heterocycles. The van der Waals surface area contributed by atoms with Gasteiger partial charge in [-0.1, -0.05) is 59.6 Å². The lowest BCUT2D eigenvalue weighted by Gasteiger charge is -2.14. The van der Waals surface area contributed by atoms with Crippen LogP contribution in [0.5, 0.6) is 5.75 Å². The highest BCUT2D eigenvalue weighted by Gasteiger charge is 2.14. The first kappa shape index (κ1) is 22.6. The molecule has 0 aliphatic rings. The second-order valence-corrected chi connectivity index (χ2v) is 7.64. The summed E-state index contributed by atoms with van der Waals surface area (Å²) in [5, 5.41) is 13.0. The van der Waals surface area contributed by atoms with Gasteiger partial charge in [0.2, 0.25) is 0 Å². The summed E-state index contributed by atoms with van der Waals surface area (Å²) < 4.78 is 5.41. The Balaban J connectivity index is 1.67. The van der Waals surface area contributed by atoms with E-state index < -0.39 is 18.0 Å². The Morgan fingerprint density at radius 3 is 2.26 bits per heavy atom. The number of carbonyl (C=O) groups is 2. The average Bonchev–Trinajstić information content (AvgIpc) is 2.73. The molecule has 1 unspecified atom stereocenters. The monoisotopic (exact) mass is 458 g/mol. The van der Waals surface area contributed by atoms with Gasteiger partial charge in [0, 0.05) is 5.69 Å². The zero-order valence-electron chi connectivity index (χ0n) is 16.3. The number of hydrogen-bond donors (Lipinski definition) is 3. The van der Waals surface area contributed by atoms with Gasteiger partial charge in [0.05, 0.1) is 22.2 Å². The van der Waals surface area contributed by atoms with Crippen LogP contribution in [0.3, 0.4) is 0 Å². The van der Waals surface area contributed by atoms with Crippen molar-refractivity contribution in [3.63, 3.8) is 0 Å². The summed E-state index contributed by atoms with van der Waals surface area (Å²) >= 11 is 12.5. The molecule has 0 saturated heterocycles. The fourth-order valence-corrected chi connectivity index (χ4v) is 3.40. The Morgan fingerprint density at radius 2 is 1.61 bits per heavy atom. The van der Waals surface area contributed by atoms with Crippen LogP contribution >= 0.6 is 23.2 Å². The molecule has 4 N–H and O–H groups in total. The quantitative estimate of drug-likeness (QED) is 0.329. The van der Waals surface area contributed by atoms with E-state index in [2.05, 4.69) is 5.32 Å². The van der Waals surface area contributed by atoms with E-state index in [4.69, 9.17) is 38.8 Å². The van der Waals surface area contributed by atoms with Crippen molar-refractivity contribution in [3.05, 3.63) is 87.9 Å². The number of nitrogens with one attached hydrogen (secondary N) is 1. The third-order valence-electron chi connectivity index (χ3n) is 4.50. The first-order valence-corrected chi connectivity index (χ1v) is 10.2. The maximum atomic E-state index is 12.5. The summed E-state index contributed by atoms with van der Waals surface area (Å²) in [5.74, 6) is -1.16. The van der Waals surface area contributed by atoms with E-state index in [0.29, 0.717) is 32.7 Å². The van der Waals surface area contributed by atoms with Crippen LogP contribution in [0.1, 0.15) is 11.1 Å². The predicted octanol–water partition coefficient (Wildman–Crippen LogP) is 4.84. The van der Waals surface area contributed by atoms with Crippen molar-refractivity contribution in [2.45, 2.75) is 18.9 Å². The summed E-state index contributed by atoms with van der Waals surface area (Å²) in [6.07, 6.45) is 0.212. The highest BCUT2D eigenvalue weighted by molar-refractivity contribution is 6.39. The lowest BCUT2D eigenvalue weighted by molar-refractivity contribution is -0.138. The van der Waals surface area contributed by atoms with Gasteiger partial charge in [0.15, 0.2) is 0 Å². The maximum Gasteiger partial charge on any atom is 0.320 e. The summed E-state index contributed by atoms with van der Waals surface area (Å²) in [6.45, 7) is 0. The molecule has 1 atom stereocenters. The van der Waals surface area contributed by atoms with Gasteiger partial charge in [-0.15, -0.1) is 0 Å². The zero-order chi connectivity index (χ0) is 22.4. The van der Waals surface area contributed by atoms with Crippen LogP contribution in [-0.2, 0) is 22.4 Å². The van der Waals surface area contributed by atoms with Crippen LogP contribution in [-0.4, -0.2) is 23.1 Å². The minimum Gasteiger partial charge on any atom is -0.480 e. The van der Waals surface area contributed by atoms with E-state index in [1.165, 1.54) is 0 Å². The molecule has 0 heterocycles. The molecule has 0 radical (unpaired) electrons. The third-order valence-corrected chi connectivity index (χ3v) is 5.13. The van der Waals surface area contributed by atoms with Gasteiger partial charge in [-0.05, 0) is 47.9 Å². The largest absolute Gasteiger partial charge is 0.480 e. The molecule has 0 fully saturated rings. The minimum atomic E-state index is -1.07. The molecule has 160 valence electrons. The number of rotatable bonds is 8. The van der Waals surface area contributed by atoms with E-state index >= 15 is 0 Å². The number of carbonyl (C=O) groups excluding carboxylic acids is 1. The van der Waals surface area contributed by atoms with Crippen molar-refractivity contribution >= 4 is 46.5 Å². The molecule has 0 bridgehead atoms. The lowest BCUT2D eigenvalue weighted by atomic mass is 10.1. The number of esters is 1. The molecular weight excluding hydrogens is 439 g/mol. The molecule has 3 aromatic carbocycles. The van der Waals surface area contributed by atoms with Crippen LogP contribution in [0.15, 0.2) is 66.7 Å². The predicted molar refractivity (Wildman–Crippen MR) is 121 cm³/mol. The Bertz CT molecular complexity index is 1070. The van der Waals surface area contributed by atoms with Gasteiger partial charge in [-0.3, -0.25) is 9.59 Å². The Kier molecular flexibility index (Phi) is 7.52. The van der Waals surface area contributed by atoms with Gasteiger partial charge in [-0.2, -0.15) is 0 Å². The fourth-order valence-electron chi connectivity index (χ4n) is 2.91. The first-order valence-electron chi connectivity index (χ1n) is 9.40. The number of halogens is 2. The number of nitrogens with two attached hydrogens (primary N) is 1. The van der Waals surface area contributed by atoms with Gasteiger partial charge in [0.25, 0.3) is 0 Å². The van der Waals surface area contributed by atoms with E-state index in [1.807, 2.05) is 24.3 Å². The second kappa shape index (κ2) is 10.3. The number of benzene rings is 3. The normalized spacial score (nSPS) is 11.6. The van der Waals surface area contributed by atoms with Crippen molar-refractivity contribution in [2.24, 2.45) is 5.73 Å². The smallest absolute Gasteiger partial charge is 0.320 e. The second-order valence-electron chi connectivity index (χ2n) is 6.82. The summed E-state index contributed by atoms with van der Waals surface area (Å²) in [7, 11) is 0. The molecular formula is C23H20Cl2N2O4. The van der Waals surface area contributed by atoms with E-state index in [-0.39, 0.29) is 12.8 Å². The summed E-state index contributed by atoms with van der Waals surface area (Å²) in [6, 6.07) is 18.1. The number of carboxylic acid groups (broad SMARTS) is 1. The standard InChI is InChI=1S/C23H20Cl2N2O4/c24-17-5-3-6-18(25)22(17)27-20-7-2-1-4-15(20)13-21(28)31-16-10-8-14(9-11-16)12-19(26)23(29)30/h1-11,19,27H,12-13,26H2,(H,29,30). The number of para-hydroxylation sites is 2. The van der Waals surface area contributed by atoms with Gasteiger partial charge < -0.3 is 20.9 Å². The van der Waals surface area contributed by atoms with Gasteiger partial charge >= 0.3 is 11.9 Å². The number of anilines is 2. The van der Waals surface area contributed by atoms with Crippen LogP contribution in [0.25, 0.3) is 0 Å². The first-order chi connectivity index (χ1) is 14.8. The van der Waals surface area contributed by atoms with Crippen LogP contribution in [0, 0.1) is 0 Å². The van der Waals surface area contributed by atoms with Crippen molar-refractivity contribution in [1.29, 1.82) is 0 Å². The molecule has 0 saturated carbocycles. The van der Waals surface area contributed by atoms with Crippen molar-refractivity contribution in [2.75, 3.05) is 5.32 Å². The van der Waals surface area contributed by atoms with Gasteiger partial charge in [0.1, 0.15) is 11.8 Å². The minimum absolute atomic E-state index is 0.0247. The average molecular weight is 459 g/mol. The Labute approximate surface area is 189 Å². The van der Waals surface area contributed by atoms with Gasteiger partial charge in [-0.25, -0.2) is 0 Å². The molecule has 3 rings (SSSR count).